The molecular weight excluding hydrogens is 321 g/mol. The Morgan fingerprint density at radius 1 is 1.39 bits per heavy atom. The second kappa shape index (κ2) is 4.90. The molecule has 0 unspecified atom stereocenters. The molecule has 0 spiro atoms. The molecule has 2 rings (SSSR count). The first-order chi connectivity index (χ1) is 8.44. The quantitative estimate of drug-likeness (QED) is 0.894. The summed E-state index contributed by atoms with van der Waals surface area (Å²) in [7, 11) is 0. The summed E-state index contributed by atoms with van der Waals surface area (Å²) in [5.74, 6) is -1.37. The molecule has 1 aromatic rings. The summed E-state index contributed by atoms with van der Waals surface area (Å²) in [5, 5.41) is 12.2. The molecule has 1 aromatic carbocycles. The van der Waals surface area contributed by atoms with Crippen molar-refractivity contribution in [2.24, 2.45) is 0 Å². The summed E-state index contributed by atoms with van der Waals surface area (Å²) in [5.41, 5.74) is -0.706. The van der Waals surface area contributed by atoms with Crippen LogP contribution in [-0.4, -0.2) is 22.5 Å². The zero-order chi connectivity index (χ0) is 13.3. The van der Waals surface area contributed by atoms with Crippen molar-refractivity contribution in [2.75, 3.05) is 0 Å². The molecule has 6 heteroatoms. The predicted octanol–water partition coefficient (Wildman–Crippen LogP) is 2.84. The van der Waals surface area contributed by atoms with E-state index < -0.39 is 17.4 Å². The summed E-state index contributed by atoms with van der Waals surface area (Å²) in [6.07, 6.45) is 1.77. The van der Waals surface area contributed by atoms with Crippen molar-refractivity contribution in [3.05, 3.63) is 33.3 Å². The van der Waals surface area contributed by atoms with Crippen LogP contribution in [0.2, 0.25) is 5.02 Å². The van der Waals surface area contributed by atoms with Crippen molar-refractivity contribution < 1.29 is 14.7 Å². The number of carboxylic acid groups (broad SMARTS) is 1. The molecular formula is C12H11BrClNO3. The average Bonchev–Trinajstić information content (AvgIpc) is 2.26. The fraction of sp³-hybridized carbons (Fsp3) is 0.333. The van der Waals surface area contributed by atoms with Crippen LogP contribution in [0.15, 0.2) is 22.7 Å². The second-order valence-corrected chi connectivity index (χ2v) is 5.59. The largest absolute Gasteiger partial charge is 0.480 e. The third-order valence-electron chi connectivity index (χ3n) is 3.15. The van der Waals surface area contributed by atoms with E-state index in [0.29, 0.717) is 27.9 Å². The minimum atomic E-state index is -1.09. The van der Waals surface area contributed by atoms with E-state index in [-0.39, 0.29) is 0 Å². The van der Waals surface area contributed by atoms with Gasteiger partial charge in [0.1, 0.15) is 5.54 Å². The lowest BCUT2D eigenvalue weighted by Gasteiger charge is -2.38. The average molecular weight is 333 g/mol. The van der Waals surface area contributed by atoms with Gasteiger partial charge in [0.15, 0.2) is 0 Å². The number of carbonyl (C=O) groups excluding carboxylic acids is 1. The number of amides is 1. The Morgan fingerprint density at radius 3 is 2.50 bits per heavy atom. The van der Waals surface area contributed by atoms with Gasteiger partial charge in [-0.15, -0.1) is 0 Å². The number of rotatable bonds is 3. The zero-order valence-corrected chi connectivity index (χ0v) is 11.7. The van der Waals surface area contributed by atoms with Gasteiger partial charge in [-0.3, -0.25) is 4.79 Å². The van der Waals surface area contributed by atoms with E-state index in [1.165, 1.54) is 0 Å². The molecule has 2 N–H and O–H groups in total. The molecule has 0 bridgehead atoms. The lowest BCUT2D eigenvalue weighted by molar-refractivity contribution is -0.148. The van der Waals surface area contributed by atoms with Gasteiger partial charge < -0.3 is 10.4 Å². The van der Waals surface area contributed by atoms with Crippen LogP contribution in [0.1, 0.15) is 29.6 Å². The SMILES string of the molecule is O=C(NC1(C(=O)O)CCC1)c1ccc(Cl)c(Br)c1. The Morgan fingerprint density at radius 2 is 2.06 bits per heavy atom. The fourth-order valence-electron chi connectivity index (χ4n) is 1.85. The lowest BCUT2D eigenvalue weighted by atomic mass is 9.76. The number of nitrogens with one attached hydrogen (secondary N) is 1. The number of aliphatic carboxylic acids is 1. The normalized spacial score (nSPS) is 16.8. The molecule has 0 heterocycles. The standard InChI is InChI=1S/C12H11BrClNO3/c13-8-6-7(2-3-9(8)14)10(16)15-12(11(17)18)4-1-5-12/h2-3,6H,1,4-5H2,(H,15,16)(H,17,18). The van der Waals surface area contributed by atoms with E-state index >= 15 is 0 Å². The number of carbonyl (C=O) groups is 2. The Labute approximate surface area is 117 Å². The van der Waals surface area contributed by atoms with Gasteiger partial charge in [-0.2, -0.15) is 0 Å². The maximum absolute atomic E-state index is 12.0. The molecule has 0 saturated heterocycles. The van der Waals surface area contributed by atoms with E-state index in [0.717, 1.165) is 6.42 Å². The van der Waals surface area contributed by atoms with E-state index in [1.807, 2.05) is 0 Å². The summed E-state index contributed by atoms with van der Waals surface area (Å²) in [6.45, 7) is 0. The number of hydrogen-bond acceptors (Lipinski definition) is 2. The summed E-state index contributed by atoms with van der Waals surface area (Å²) >= 11 is 9.06. The zero-order valence-electron chi connectivity index (χ0n) is 9.37. The van der Waals surface area contributed by atoms with Gasteiger partial charge in [-0.1, -0.05) is 11.6 Å². The van der Waals surface area contributed by atoms with Gasteiger partial charge in [0, 0.05) is 10.0 Å². The minimum Gasteiger partial charge on any atom is -0.480 e. The van der Waals surface area contributed by atoms with Gasteiger partial charge in [0.25, 0.3) is 5.91 Å². The Balaban J connectivity index is 2.17. The molecule has 1 amide bonds. The first kappa shape index (κ1) is 13.4. The lowest BCUT2D eigenvalue weighted by Crippen LogP contribution is -2.59. The van der Waals surface area contributed by atoms with Crippen molar-refractivity contribution in [1.82, 2.24) is 5.32 Å². The molecule has 1 saturated carbocycles. The number of halogens is 2. The fourth-order valence-corrected chi connectivity index (χ4v) is 2.35. The van der Waals surface area contributed by atoms with E-state index in [9.17, 15) is 9.59 Å². The highest BCUT2D eigenvalue weighted by molar-refractivity contribution is 9.10. The summed E-state index contributed by atoms with van der Waals surface area (Å²) in [6, 6.07) is 4.73. The van der Waals surface area contributed by atoms with E-state index in [2.05, 4.69) is 21.2 Å². The summed E-state index contributed by atoms with van der Waals surface area (Å²) in [4.78, 5) is 23.1. The van der Waals surface area contributed by atoms with Crippen LogP contribution in [-0.2, 0) is 4.79 Å². The van der Waals surface area contributed by atoms with E-state index in [1.54, 1.807) is 18.2 Å². The smallest absolute Gasteiger partial charge is 0.329 e. The third kappa shape index (κ3) is 2.37. The highest BCUT2D eigenvalue weighted by atomic mass is 79.9. The summed E-state index contributed by atoms with van der Waals surface area (Å²) < 4.78 is 0.606. The highest BCUT2D eigenvalue weighted by Gasteiger charge is 2.45. The van der Waals surface area contributed by atoms with Crippen LogP contribution in [0.4, 0.5) is 0 Å². The molecule has 4 nitrogen and oxygen atoms in total. The van der Waals surface area contributed by atoms with Gasteiger partial charge in [0.2, 0.25) is 0 Å². The topological polar surface area (TPSA) is 66.4 Å². The van der Waals surface area contributed by atoms with Gasteiger partial charge >= 0.3 is 5.97 Å². The minimum absolute atomic E-state index is 0.388. The number of benzene rings is 1. The van der Waals surface area contributed by atoms with Gasteiger partial charge in [-0.05, 0) is 53.4 Å². The van der Waals surface area contributed by atoms with Gasteiger partial charge in [-0.25, -0.2) is 4.79 Å². The third-order valence-corrected chi connectivity index (χ3v) is 4.37. The van der Waals surface area contributed by atoms with Crippen molar-refractivity contribution >= 4 is 39.4 Å². The monoisotopic (exact) mass is 331 g/mol. The van der Waals surface area contributed by atoms with Crippen molar-refractivity contribution in [1.29, 1.82) is 0 Å². The van der Waals surface area contributed by atoms with Crippen molar-refractivity contribution in [2.45, 2.75) is 24.8 Å². The van der Waals surface area contributed by atoms with Crippen LogP contribution in [0.25, 0.3) is 0 Å². The molecule has 1 fully saturated rings. The molecule has 0 aliphatic heterocycles. The molecule has 96 valence electrons. The second-order valence-electron chi connectivity index (χ2n) is 4.32. The van der Waals surface area contributed by atoms with Crippen LogP contribution in [0.3, 0.4) is 0 Å². The maximum Gasteiger partial charge on any atom is 0.329 e. The van der Waals surface area contributed by atoms with E-state index in [4.69, 9.17) is 16.7 Å². The van der Waals surface area contributed by atoms with Crippen LogP contribution >= 0.6 is 27.5 Å². The molecule has 0 atom stereocenters. The first-order valence-corrected chi connectivity index (χ1v) is 6.63. The van der Waals surface area contributed by atoms with Crippen molar-refractivity contribution in [3.63, 3.8) is 0 Å². The Bertz CT molecular complexity index is 514. The van der Waals surface area contributed by atoms with Crippen molar-refractivity contribution in [3.8, 4) is 0 Å². The molecule has 0 aromatic heterocycles. The molecule has 0 radical (unpaired) electrons. The van der Waals surface area contributed by atoms with Crippen LogP contribution in [0, 0.1) is 0 Å². The van der Waals surface area contributed by atoms with Gasteiger partial charge in [0.05, 0.1) is 5.02 Å². The highest BCUT2D eigenvalue weighted by Crippen LogP contribution is 2.32. The molecule has 1 aliphatic carbocycles. The first-order valence-electron chi connectivity index (χ1n) is 5.45. The van der Waals surface area contributed by atoms with Crippen LogP contribution < -0.4 is 5.32 Å². The molecule has 18 heavy (non-hydrogen) atoms. The van der Waals surface area contributed by atoms with Crippen LogP contribution in [0.5, 0.6) is 0 Å². The molecule has 1 aliphatic rings. The number of hydrogen-bond donors (Lipinski definition) is 2. The maximum atomic E-state index is 12.0. The Kier molecular flexibility index (Phi) is 3.64. The predicted molar refractivity (Wildman–Crippen MR) is 70.8 cm³/mol. The number of carboxylic acids is 1. The Hall–Kier alpha value is -1.07.